The Balaban J connectivity index is 1.87. The zero-order valence-corrected chi connectivity index (χ0v) is 13.0. The lowest BCUT2D eigenvalue weighted by atomic mass is 9.93. The first-order chi connectivity index (χ1) is 10.2. The first kappa shape index (κ1) is 14.1. The molecule has 1 aliphatic rings. The number of aromatic nitrogens is 2. The van der Waals surface area contributed by atoms with Crippen molar-refractivity contribution in [2.45, 2.75) is 45.4 Å². The van der Waals surface area contributed by atoms with E-state index in [9.17, 15) is 0 Å². The van der Waals surface area contributed by atoms with Gasteiger partial charge in [0.15, 0.2) is 0 Å². The van der Waals surface area contributed by atoms with E-state index < -0.39 is 0 Å². The summed E-state index contributed by atoms with van der Waals surface area (Å²) in [5.41, 5.74) is 3.69. The minimum absolute atomic E-state index is 0.0725. The summed E-state index contributed by atoms with van der Waals surface area (Å²) in [4.78, 5) is 0. The van der Waals surface area contributed by atoms with E-state index in [2.05, 4.69) is 48.7 Å². The van der Waals surface area contributed by atoms with Crippen molar-refractivity contribution in [2.75, 3.05) is 7.05 Å². The quantitative estimate of drug-likeness (QED) is 0.936. The Kier molecular flexibility index (Phi) is 3.97. The highest BCUT2D eigenvalue weighted by Crippen LogP contribution is 2.40. The molecule has 0 spiro atoms. The smallest absolute Gasteiger partial charge is 0.129 e. The monoisotopic (exact) mass is 285 g/mol. The lowest BCUT2D eigenvalue weighted by Gasteiger charge is -2.32. The standard InChI is InChI=1S/C17H23N3O/c1-4-7-20-11-13(10-19-20)17-9-15(18-3)14-8-12(2)5-6-16(14)21-17/h5-6,8,10-11,15,17-18H,4,7,9H2,1-3H3. The number of aryl methyl sites for hydroxylation is 2. The van der Waals surface area contributed by atoms with Crippen LogP contribution >= 0.6 is 0 Å². The molecular formula is C17H23N3O. The van der Waals surface area contributed by atoms with Crippen LogP contribution in [0, 0.1) is 6.92 Å². The van der Waals surface area contributed by atoms with Crippen LogP contribution in [0.2, 0.25) is 0 Å². The van der Waals surface area contributed by atoms with Crippen LogP contribution in [0.1, 0.15) is 48.6 Å². The minimum Gasteiger partial charge on any atom is -0.485 e. The van der Waals surface area contributed by atoms with Crippen molar-refractivity contribution in [3.63, 3.8) is 0 Å². The van der Waals surface area contributed by atoms with Gasteiger partial charge in [0.2, 0.25) is 0 Å². The van der Waals surface area contributed by atoms with Gasteiger partial charge in [0.25, 0.3) is 0 Å². The number of nitrogens with zero attached hydrogens (tertiary/aromatic N) is 2. The Bertz CT molecular complexity index is 620. The summed E-state index contributed by atoms with van der Waals surface area (Å²) >= 11 is 0. The summed E-state index contributed by atoms with van der Waals surface area (Å²) in [5, 5.41) is 7.83. The summed E-state index contributed by atoms with van der Waals surface area (Å²) in [6.45, 7) is 5.24. The molecule has 0 bridgehead atoms. The van der Waals surface area contributed by atoms with E-state index in [1.165, 1.54) is 11.1 Å². The predicted octanol–water partition coefficient (Wildman–Crippen LogP) is 3.39. The van der Waals surface area contributed by atoms with Crippen LogP contribution in [0.25, 0.3) is 0 Å². The van der Waals surface area contributed by atoms with E-state index in [0.717, 1.165) is 30.7 Å². The van der Waals surface area contributed by atoms with Crippen molar-refractivity contribution in [1.82, 2.24) is 15.1 Å². The molecule has 0 saturated carbocycles. The molecule has 4 nitrogen and oxygen atoms in total. The molecule has 1 aromatic heterocycles. The molecule has 0 radical (unpaired) electrons. The zero-order chi connectivity index (χ0) is 14.8. The fraction of sp³-hybridized carbons (Fsp3) is 0.471. The molecule has 2 unspecified atom stereocenters. The summed E-state index contributed by atoms with van der Waals surface area (Å²) in [7, 11) is 2.01. The number of rotatable bonds is 4. The number of hydrogen-bond donors (Lipinski definition) is 1. The SMILES string of the molecule is CCCn1cc(C2CC(NC)c3cc(C)ccc3O2)cn1. The van der Waals surface area contributed by atoms with Crippen molar-refractivity contribution in [1.29, 1.82) is 0 Å². The molecule has 1 aliphatic heterocycles. The minimum atomic E-state index is 0.0725. The number of ether oxygens (including phenoxy) is 1. The van der Waals surface area contributed by atoms with E-state index in [4.69, 9.17) is 4.74 Å². The largest absolute Gasteiger partial charge is 0.485 e. The van der Waals surface area contributed by atoms with Gasteiger partial charge in [0.1, 0.15) is 11.9 Å². The van der Waals surface area contributed by atoms with Crippen molar-refractivity contribution >= 4 is 0 Å². The number of benzene rings is 1. The predicted molar refractivity (Wildman–Crippen MR) is 83.5 cm³/mol. The molecule has 1 aromatic carbocycles. The summed E-state index contributed by atoms with van der Waals surface area (Å²) in [6.07, 6.45) is 6.15. The maximum Gasteiger partial charge on any atom is 0.129 e. The Morgan fingerprint density at radius 1 is 1.43 bits per heavy atom. The van der Waals surface area contributed by atoms with Gasteiger partial charge in [-0.25, -0.2) is 0 Å². The molecule has 1 N–H and O–H groups in total. The lowest BCUT2D eigenvalue weighted by molar-refractivity contribution is 0.153. The molecule has 0 saturated heterocycles. The van der Waals surface area contributed by atoms with Crippen LogP contribution in [0.4, 0.5) is 0 Å². The van der Waals surface area contributed by atoms with Gasteiger partial charge in [0, 0.05) is 36.3 Å². The number of fused-ring (bicyclic) bond motifs is 1. The van der Waals surface area contributed by atoms with Crippen LogP contribution < -0.4 is 10.1 Å². The molecule has 2 atom stereocenters. The third-order valence-electron chi connectivity index (χ3n) is 4.09. The van der Waals surface area contributed by atoms with Gasteiger partial charge >= 0.3 is 0 Å². The third-order valence-corrected chi connectivity index (χ3v) is 4.09. The van der Waals surface area contributed by atoms with Crippen molar-refractivity contribution in [3.8, 4) is 5.75 Å². The second-order valence-corrected chi connectivity index (χ2v) is 5.76. The van der Waals surface area contributed by atoms with Gasteiger partial charge < -0.3 is 10.1 Å². The fourth-order valence-corrected chi connectivity index (χ4v) is 2.96. The van der Waals surface area contributed by atoms with Gasteiger partial charge in [-0.3, -0.25) is 4.68 Å². The van der Waals surface area contributed by atoms with E-state index >= 15 is 0 Å². The van der Waals surface area contributed by atoms with Crippen LogP contribution in [-0.4, -0.2) is 16.8 Å². The van der Waals surface area contributed by atoms with Crippen LogP contribution in [0.3, 0.4) is 0 Å². The second-order valence-electron chi connectivity index (χ2n) is 5.76. The van der Waals surface area contributed by atoms with E-state index in [1.807, 2.05) is 17.9 Å². The topological polar surface area (TPSA) is 39.1 Å². The van der Waals surface area contributed by atoms with E-state index in [1.54, 1.807) is 0 Å². The summed E-state index contributed by atoms with van der Waals surface area (Å²) < 4.78 is 8.20. The summed E-state index contributed by atoms with van der Waals surface area (Å²) in [6, 6.07) is 6.73. The first-order valence-corrected chi connectivity index (χ1v) is 7.68. The maximum atomic E-state index is 6.20. The Morgan fingerprint density at radius 3 is 3.05 bits per heavy atom. The second kappa shape index (κ2) is 5.90. The van der Waals surface area contributed by atoms with Crippen molar-refractivity contribution in [2.24, 2.45) is 0 Å². The van der Waals surface area contributed by atoms with E-state index in [-0.39, 0.29) is 6.10 Å². The highest BCUT2D eigenvalue weighted by atomic mass is 16.5. The molecular weight excluding hydrogens is 262 g/mol. The van der Waals surface area contributed by atoms with Gasteiger partial charge in [-0.05, 0) is 26.5 Å². The lowest BCUT2D eigenvalue weighted by Crippen LogP contribution is -2.26. The molecule has 3 rings (SSSR count). The van der Waals surface area contributed by atoms with Crippen molar-refractivity contribution < 1.29 is 4.74 Å². The molecule has 0 aliphatic carbocycles. The third kappa shape index (κ3) is 2.81. The van der Waals surface area contributed by atoms with Gasteiger partial charge in [-0.1, -0.05) is 24.6 Å². The molecule has 4 heteroatoms. The molecule has 2 heterocycles. The molecule has 0 fully saturated rings. The number of hydrogen-bond acceptors (Lipinski definition) is 3. The normalized spacial score (nSPS) is 20.9. The van der Waals surface area contributed by atoms with Gasteiger partial charge in [-0.15, -0.1) is 0 Å². The van der Waals surface area contributed by atoms with Crippen LogP contribution in [0.15, 0.2) is 30.6 Å². The molecule has 0 amide bonds. The van der Waals surface area contributed by atoms with Crippen molar-refractivity contribution in [3.05, 3.63) is 47.3 Å². The van der Waals surface area contributed by atoms with Gasteiger partial charge in [0.05, 0.1) is 6.20 Å². The maximum absolute atomic E-state index is 6.20. The first-order valence-electron chi connectivity index (χ1n) is 7.68. The Morgan fingerprint density at radius 2 is 2.29 bits per heavy atom. The highest BCUT2D eigenvalue weighted by Gasteiger charge is 2.29. The molecule has 112 valence electrons. The Hall–Kier alpha value is -1.81. The number of nitrogens with one attached hydrogen (secondary N) is 1. The molecule has 2 aromatic rings. The van der Waals surface area contributed by atoms with Crippen LogP contribution in [0.5, 0.6) is 5.75 Å². The van der Waals surface area contributed by atoms with E-state index in [0.29, 0.717) is 6.04 Å². The zero-order valence-electron chi connectivity index (χ0n) is 13.0. The fourth-order valence-electron chi connectivity index (χ4n) is 2.96. The summed E-state index contributed by atoms with van der Waals surface area (Å²) in [5.74, 6) is 0.986. The van der Waals surface area contributed by atoms with Crippen LogP contribution in [-0.2, 0) is 6.54 Å². The highest BCUT2D eigenvalue weighted by molar-refractivity contribution is 5.41. The van der Waals surface area contributed by atoms with Gasteiger partial charge in [-0.2, -0.15) is 5.10 Å². The molecule has 21 heavy (non-hydrogen) atoms. The average molecular weight is 285 g/mol. The Labute approximate surface area is 126 Å². The average Bonchev–Trinajstić information content (AvgIpc) is 2.95.